The molecular formula is C9H22N3+. The van der Waals surface area contributed by atoms with Crippen LogP contribution in [0.25, 0.3) is 0 Å². The summed E-state index contributed by atoms with van der Waals surface area (Å²) in [7, 11) is 6.56. The van der Waals surface area contributed by atoms with Gasteiger partial charge in [0.2, 0.25) is 0 Å². The lowest BCUT2D eigenvalue weighted by atomic mass is 10.3. The van der Waals surface area contributed by atoms with Crippen LogP contribution in [0.4, 0.5) is 0 Å². The van der Waals surface area contributed by atoms with Crippen molar-refractivity contribution < 1.29 is 4.90 Å². The van der Waals surface area contributed by atoms with Gasteiger partial charge in [0.15, 0.2) is 0 Å². The highest BCUT2D eigenvalue weighted by Gasteiger charge is 2.15. The van der Waals surface area contributed by atoms with Crippen LogP contribution in [0.3, 0.4) is 0 Å². The van der Waals surface area contributed by atoms with Gasteiger partial charge in [-0.2, -0.15) is 0 Å². The summed E-state index contributed by atoms with van der Waals surface area (Å²) in [6.07, 6.45) is 0. The molecule has 0 radical (unpaired) electrons. The van der Waals surface area contributed by atoms with E-state index in [4.69, 9.17) is 0 Å². The molecule has 3 heteroatoms. The van der Waals surface area contributed by atoms with Crippen molar-refractivity contribution in [2.24, 2.45) is 0 Å². The molecule has 0 aromatic rings. The van der Waals surface area contributed by atoms with E-state index in [1.165, 1.54) is 39.3 Å². The summed E-state index contributed by atoms with van der Waals surface area (Å²) in [4.78, 5) is 6.49. The van der Waals surface area contributed by atoms with E-state index in [0.29, 0.717) is 0 Å². The number of nitrogens with zero attached hydrogens (tertiary/aromatic N) is 2. The van der Waals surface area contributed by atoms with Crippen molar-refractivity contribution in [1.82, 2.24) is 9.80 Å². The Kier molecular flexibility index (Phi) is 3.98. The summed E-state index contributed by atoms with van der Waals surface area (Å²) in [5.41, 5.74) is 0. The second-order valence-electron chi connectivity index (χ2n) is 4.10. The molecule has 0 aliphatic carbocycles. The number of hydrogen-bond acceptors (Lipinski definition) is 2. The molecule has 0 bridgehead atoms. The van der Waals surface area contributed by atoms with Gasteiger partial charge in [0.25, 0.3) is 0 Å². The SMILES string of the molecule is CN(C)CCN1CC[NH+](C)CC1. The molecule has 1 saturated heterocycles. The zero-order valence-electron chi connectivity index (χ0n) is 8.64. The molecule has 1 aliphatic heterocycles. The molecule has 12 heavy (non-hydrogen) atoms. The van der Waals surface area contributed by atoms with E-state index in [-0.39, 0.29) is 0 Å². The maximum absolute atomic E-state index is 2.56. The van der Waals surface area contributed by atoms with E-state index in [1.807, 2.05) is 0 Å². The van der Waals surface area contributed by atoms with Crippen molar-refractivity contribution in [3.8, 4) is 0 Å². The first-order valence-electron chi connectivity index (χ1n) is 4.87. The smallest absolute Gasteiger partial charge is 0.0898 e. The van der Waals surface area contributed by atoms with Crippen LogP contribution in [0.5, 0.6) is 0 Å². The minimum absolute atomic E-state index is 1.19. The molecule has 0 spiro atoms. The van der Waals surface area contributed by atoms with Crippen molar-refractivity contribution in [3.63, 3.8) is 0 Å². The standard InChI is InChI=1S/C9H21N3/c1-10(2)4-7-12-8-5-11(3)6-9-12/h4-9H2,1-3H3/p+1. The third-order valence-corrected chi connectivity index (χ3v) is 2.57. The highest BCUT2D eigenvalue weighted by atomic mass is 15.3. The maximum Gasteiger partial charge on any atom is 0.0898 e. The van der Waals surface area contributed by atoms with Crippen molar-refractivity contribution in [3.05, 3.63) is 0 Å². The molecule has 0 aromatic heterocycles. The third kappa shape index (κ3) is 3.52. The van der Waals surface area contributed by atoms with Crippen molar-refractivity contribution >= 4 is 0 Å². The average Bonchev–Trinajstić information content (AvgIpc) is 2.03. The minimum atomic E-state index is 1.19. The lowest BCUT2D eigenvalue weighted by Gasteiger charge is -2.30. The van der Waals surface area contributed by atoms with Gasteiger partial charge in [0, 0.05) is 26.2 Å². The van der Waals surface area contributed by atoms with E-state index >= 15 is 0 Å². The molecule has 1 fully saturated rings. The van der Waals surface area contributed by atoms with E-state index in [1.54, 1.807) is 4.90 Å². The third-order valence-electron chi connectivity index (χ3n) is 2.57. The Balaban J connectivity index is 2.09. The molecular weight excluding hydrogens is 150 g/mol. The Morgan fingerprint density at radius 2 is 1.83 bits per heavy atom. The summed E-state index contributed by atoms with van der Waals surface area (Å²) < 4.78 is 0. The average molecular weight is 172 g/mol. The molecule has 0 amide bonds. The first-order valence-corrected chi connectivity index (χ1v) is 4.87. The Hall–Kier alpha value is -0.120. The summed E-state index contributed by atoms with van der Waals surface area (Å²) in [5, 5.41) is 0. The predicted octanol–water partition coefficient (Wildman–Crippen LogP) is -1.62. The van der Waals surface area contributed by atoms with Gasteiger partial charge >= 0.3 is 0 Å². The van der Waals surface area contributed by atoms with Gasteiger partial charge in [0.05, 0.1) is 20.1 Å². The van der Waals surface area contributed by atoms with Gasteiger partial charge in [0.1, 0.15) is 0 Å². The van der Waals surface area contributed by atoms with Crippen LogP contribution in [0.1, 0.15) is 0 Å². The normalized spacial score (nSPS) is 22.0. The van der Waals surface area contributed by atoms with Gasteiger partial charge in [-0.15, -0.1) is 0 Å². The Morgan fingerprint density at radius 3 is 2.33 bits per heavy atom. The Bertz CT molecular complexity index is 117. The number of quaternary nitrogens is 1. The van der Waals surface area contributed by atoms with Crippen molar-refractivity contribution in [2.75, 3.05) is 60.4 Å². The number of piperazine rings is 1. The van der Waals surface area contributed by atoms with Gasteiger partial charge < -0.3 is 9.80 Å². The van der Waals surface area contributed by atoms with Crippen molar-refractivity contribution in [2.45, 2.75) is 0 Å². The van der Waals surface area contributed by atoms with Crippen LogP contribution in [0, 0.1) is 0 Å². The summed E-state index contributed by atoms with van der Waals surface area (Å²) in [5.74, 6) is 0. The van der Waals surface area contributed by atoms with Crippen LogP contribution in [-0.2, 0) is 0 Å². The monoisotopic (exact) mass is 172 g/mol. The molecule has 3 nitrogen and oxygen atoms in total. The molecule has 0 saturated carbocycles. The summed E-state index contributed by atoms with van der Waals surface area (Å²) >= 11 is 0. The molecule has 1 N–H and O–H groups in total. The second-order valence-corrected chi connectivity index (χ2v) is 4.10. The Morgan fingerprint density at radius 1 is 1.25 bits per heavy atom. The fraction of sp³-hybridized carbons (Fsp3) is 1.00. The molecule has 1 heterocycles. The topological polar surface area (TPSA) is 10.9 Å². The second kappa shape index (κ2) is 4.80. The zero-order chi connectivity index (χ0) is 8.97. The number of hydrogen-bond donors (Lipinski definition) is 1. The molecule has 0 unspecified atom stereocenters. The van der Waals surface area contributed by atoms with E-state index in [0.717, 1.165) is 0 Å². The van der Waals surface area contributed by atoms with Crippen LogP contribution < -0.4 is 4.90 Å². The Labute approximate surface area is 75.9 Å². The number of likely N-dealkylation sites (N-methyl/N-ethyl adjacent to an activating group) is 2. The fourth-order valence-electron chi connectivity index (χ4n) is 1.50. The van der Waals surface area contributed by atoms with Crippen LogP contribution in [0.2, 0.25) is 0 Å². The predicted molar refractivity (Wildman–Crippen MR) is 51.6 cm³/mol. The number of rotatable bonds is 3. The van der Waals surface area contributed by atoms with Gasteiger partial charge in [-0.25, -0.2) is 0 Å². The summed E-state index contributed by atoms with van der Waals surface area (Å²) in [6, 6.07) is 0. The molecule has 1 aliphatic rings. The first-order chi connectivity index (χ1) is 5.68. The summed E-state index contributed by atoms with van der Waals surface area (Å²) in [6.45, 7) is 7.61. The highest BCUT2D eigenvalue weighted by Crippen LogP contribution is 1.88. The van der Waals surface area contributed by atoms with Crippen LogP contribution >= 0.6 is 0 Å². The van der Waals surface area contributed by atoms with Gasteiger partial charge in [-0.05, 0) is 14.1 Å². The van der Waals surface area contributed by atoms with Crippen LogP contribution in [0.15, 0.2) is 0 Å². The molecule has 0 atom stereocenters. The van der Waals surface area contributed by atoms with E-state index < -0.39 is 0 Å². The van der Waals surface area contributed by atoms with Gasteiger partial charge in [-0.1, -0.05) is 0 Å². The number of nitrogens with one attached hydrogen (secondary N) is 1. The van der Waals surface area contributed by atoms with E-state index in [9.17, 15) is 0 Å². The van der Waals surface area contributed by atoms with Gasteiger partial charge in [-0.3, -0.25) is 4.90 Å². The lowest BCUT2D eigenvalue weighted by molar-refractivity contribution is -0.884. The zero-order valence-corrected chi connectivity index (χ0v) is 8.64. The minimum Gasteiger partial charge on any atom is -0.335 e. The quantitative estimate of drug-likeness (QED) is 0.549. The maximum atomic E-state index is 2.56. The molecule has 72 valence electrons. The molecule has 1 rings (SSSR count). The largest absolute Gasteiger partial charge is 0.335 e. The fourth-order valence-corrected chi connectivity index (χ4v) is 1.50. The first kappa shape index (κ1) is 9.96. The van der Waals surface area contributed by atoms with E-state index in [2.05, 4.69) is 30.9 Å². The highest BCUT2D eigenvalue weighted by molar-refractivity contribution is 4.61. The molecule has 0 aromatic carbocycles. The lowest BCUT2D eigenvalue weighted by Crippen LogP contribution is -3.12. The van der Waals surface area contributed by atoms with Crippen LogP contribution in [-0.4, -0.2) is 70.2 Å². The van der Waals surface area contributed by atoms with Crippen molar-refractivity contribution in [1.29, 1.82) is 0 Å².